The van der Waals surface area contributed by atoms with Gasteiger partial charge in [-0.15, -0.1) is 11.3 Å². The van der Waals surface area contributed by atoms with E-state index in [4.69, 9.17) is 11.6 Å². The molecule has 3 aromatic rings. The molecule has 1 fully saturated rings. The SMILES string of the molecule is CCc1ccc(-c2csc(NC(=O)c3cc(S(=O)(=O)N4CCCC4)ccc3Cl)n2)cc1. The zero-order valence-electron chi connectivity index (χ0n) is 17.0. The fourth-order valence-electron chi connectivity index (χ4n) is 3.46. The molecule has 31 heavy (non-hydrogen) atoms. The third-order valence-electron chi connectivity index (χ3n) is 5.27. The van der Waals surface area contributed by atoms with E-state index in [1.807, 2.05) is 17.5 Å². The maximum Gasteiger partial charge on any atom is 0.259 e. The lowest BCUT2D eigenvalue weighted by Crippen LogP contribution is -2.28. The third kappa shape index (κ3) is 4.67. The smallest absolute Gasteiger partial charge is 0.259 e. The van der Waals surface area contributed by atoms with Crippen LogP contribution in [0.4, 0.5) is 5.13 Å². The van der Waals surface area contributed by atoms with Crippen molar-refractivity contribution in [3.8, 4) is 11.3 Å². The summed E-state index contributed by atoms with van der Waals surface area (Å²) in [6.45, 7) is 3.09. The molecule has 2 heterocycles. The van der Waals surface area contributed by atoms with E-state index in [1.165, 1.54) is 39.4 Å². The maximum atomic E-state index is 12.8. The van der Waals surface area contributed by atoms with E-state index in [-0.39, 0.29) is 15.5 Å². The second-order valence-corrected chi connectivity index (χ2v) is 10.5. The van der Waals surface area contributed by atoms with Gasteiger partial charge in [-0.3, -0.25) is 10.1 Å². The minimum absolute atomic E-state index is 0.0693. The van der Waals surface area contributed by atoms with Gasteiger partial charge in [0, 0.05) is 24.0 Å². The van der Waals surface area contributed by atoms with E-state index in [2.05, 4.69) is 29.4 Å². The number of benzene rings is 2. The highest BCUT2D eigenvalue weighted by Crippen LogP contribution is 2.28. The number of aromatic nitrogens is 1. The number of anilines is 1. The van der Waals surface area contributed by atoms with Crippen molar-refractivity contribution in [2.24, 2.45) is 0 Å². The second kappa shape index (κ2) is 9.08. The number of sulfonamides is 1. The molecule has 6 nitrogen and oxygen atoms in total. The number of rotatable bonds is 6. The number of nitrogens with zero attached hydrogens (tertiary/aromatic N) is 2. The highest BCUT2D eigenvalue weighted by Gasteiger charge is 2.28. The summed E-state index contributed by atoms with van der Waals surface area (Å²) < 4.78 is 27.1. The van der Waals surface area contributed by atoms with Crippen LogP contribution in [0.3, 0.4) is 0 Å². The normalized spacial score (nSPS) is 14.6. The summed E-state index contributed by atoms with van der Waals surface area (Å²) in [5, 5.41) is 5.21. The van der Waals surface area contributed by atoms with E-state index in [1.54, 1.807) is 0 Å². The number of carbonyl (C=O) groups is 1. The number of amides is 1. The van der Waals surface area contributed by atoms with Crippen LogP contribution in [0.15, 0.2) is 52.7 Å². The van der Waals surface area contributed by atoms with Gasteiger partial charge in [-0.25, -0.2) is 13.4 Å². The van der Waals surface area contributed by atoms with Crippen molar-refractivity contribution in [3.05, 3.63) is 64.0 Å². The molecule has 1 aliphatic rings. The van der Waals surface area contributed by atoms with E-state index in [0.717, 1.165) is 30.5 Å². The molecule has 1 aromatic heterocycles. The Hall–Kier alpha value is -2.26. The number of halogens is 1. The molecule has 0 atom stereocenters. The van der Waals surface area contributed by atoms with Crippen molar-refractivity contribution in [2.45, 2.75) is 31.1 Å². The number of hydrogen-bond donors (Lipinski definition) is 1. The summed E-state index contributed by atoms with van der Waals surface area (Å²) in [5.74, 6) is -0.495. The quantitative estimate of drug-likeness (QED) is 0.540. The number of carbonyl (C=O) groups excluding carboxylic acids is 1. The van der Waals surface area contributed by atoms with E-state index in [0.29, 0.717) is 18.2 Å². The van der Waals surface area contributed by atoms with Crippen molar-refractivity contribution in [1.82, 2.24) is 9.29 Å². The third-order valence-corrected chi connectivity index (χ3v) is 8.25. The van der Waals surface area contributed by atoms with Crippen molar-refractivity contribution < 1.29 is 13.2 Å². The van der Waals surface area contributed by atoms with Crippen molar-refractivity contribution in [3.63, 3.8) is 0 Å². The number of nitrogens with one attached hydrogen (secondary N) is 1. The average Bonchev–Trinajstić information content (AvgIpc) is 3.47. The lowest BCUT2D eigenvalue weighted by Gasteiger charge is -2.16. The molecule has 1 amide bonds. The molecule has 0 saturated carbocycles. The Bertz CT molecular complexity index is 1200. The molecule has 0 radical (unpaired) electrons. The molecule has 0 spiro atoms. The van der Waals surface area contributed by atoms with Crippen LogP contribution in [0.1, 0.15) is 35.7 Å². The van der Waals surface area contributed by atoms with Gasteiger partial charge in [-0.1, -0.05) is 42.8 Å². The van der Waals surface area contributed by atoms with E-state index >= 15 is 0 Å². The Labute approximate surface area is 190 Å². The topological polar surface area (TPSA) is 79.4 Å². The van der Waals surface area contributed by atoms with Gasteiger partial charge in [0.2, 0.25) is 10.0 Å². The first-order valence-corrected chi connectivity index (χ1v) is 12.7. The molecule has 1 saturated heterocycles. The average molecular weight is 476 g/mol. The highest BCUT2D eigenvalue weighted by molar-refractivity contribution is 7.89. The van der Waals surface area contributed by atoms with E-state index < -0.39 is 15.9 Å². The summed E-state index contributed by atoms with van der Waals surface area (Å²) in [7, 11) is -3.64. The molecule has 1 aliphatic heterocycles. The highest BCUT2D eigenvalue weighted by atomic mass is 35.5. The number of aryl methyl sites for hydroxylation is 1. The van der Waals surface area contributed by atoms with Gasteiger partial charge in [-0.2, -0.15) is 4.31 Å². The number of thiazole rings is 1. The maximum absolute atomic E-state index is 12.8. The monoisotopic (exact) mass is 475 g/mol. The Balaban J connectivity index is 1.54. The van der Waals surface area contributed by atoms with Gasteiger partial charge >= 0.3 is 0 Å². The summed E-state index contributed by atoms with van der Waals surface area (Å²) in [5.41, 5.74) is 3.07. The van der Waals surface area contributed by atoms with Crippen molar-refractivity contribution >= 4 is 44.0 Å². The Kier molecular flexibility index (Phi) is 6.43. The Morgan fingerprint density at radius 3 is 2.55 bits per heavy atom. The minimum Gasteiger partial charge on any atom is -0.298 e. The first kappa shape index (κ1) is 22.0. The van der Waals surface area contributed by atoms with Crippen LogP contribution < -0.4 is 5.32 Å². The predicted octanol–water partition coefficient (Wildman–Crippen LogP) is 5.06. The molecule has 2 aromatic carbocycles. The molecule has 9 heteroatoms. The van der Waals surface area contributed by atoms with Crippen molar-refractivity contribution in [1.29, 1.82) is 0 Å². The Morgan fingerprint density at radius 2 is 1.87 bits per heavy atom. The van der Waals surface area contributed by atoms with Gasteiger partial charge < -0.3 is 0 Å². The van der Waals surface area contributed by atoms with Gasteiger partial charge in [0.25, 0.3) is 5.91 Å². The lowest BCUT2D eigenvalue weighted by atomic mass is 10.1. The van der Waals surface area contributed by atoms with Crippen LogP contribution in [0.2, 0.25) is 5.02 Å². The fourth-order valence-corrected chi connectivity index (χ4v) is 5.92. The van der Waals surface area contributed by atoms with Crippen LogP contribution in [0.25, 0.3) is 11.3 Å². The molecule has 0 bridgehead atoms. The van der Waals surface area contributed by atoms with Crippen LogP contribution in [-0.4, -0.2) is 36.7 Å². The zero-order valence-corrected chi connectivity index (χ0v) is 19.4. The summed E-state index contributed by atoms with van der Waals surface area (Å²) in [6.07, 6.45) is 2.65. The van der Waals surface area contributed by atoms with Gasteiger partial charge in [0.05, 0.1) is 21.2 Å². The predicted molar refractivity (Wildman–Crippen MR) is 124 cm³/mol. The fraction of sp³-hybridized carbons (Fsp3) is 0.273. The first-order valence-electron chi connectivity index (χ1n) is 10.0. The van der Waals surface area contributed by atoms with Crippen LogP contribution in [-0.2, 0) is 16.4 Å². The summed E-state index contributed by atoms with van der Waals surface area (Å²) >= 11 is 7.51. The molecule has 0 unspecified atom stereocenters. The van der Waals surface area contributed by atoms with Crippen LogP contribution in [0.5, 0.6) is 0 Å². The first-order chi connectivity index (χ1) is 14.9. The molecule has 162 valence electrons. The second-order valence-electron chi connectivity index (χ2n) is 7.30. The van der Waals surface area contributed by atoms with Crippen LogP contribution in [0, 0.1) is 0 Å². The van der Waals surface area contributed by atoms with Crippen LogP contribution >= 0.6 is 22.9 Å². The lowest BCUT2D eigenvalue weighted by molar-refractivity contribution is 0.102. The Morgan fingerprint density at radius 1 is 1.16 bits per heavy atom. The largest absolute Gasteiger partial charge is 0.298 e. The summed E-state index contributed by atoms with van der Waals surface area (Å²) in [6, 6.07) is 12.3. The molecular formula is C22H22ClN3O3S2. The standard InChI is InChI=1S/C22H22ClN3O3S2/c1-2-15-5-7-16(8-6-15)20-14-30-22(24-20)25-21(27)18-13-17(9-10-19(18)23)31(28,29)26-11-3-4-12-26/h5-10,13-14H,2-4,11-12H2,1H3,(H,24,25,27). The van der Waals surface area contributed by atoms with Gasteiger partial charge in [0.15, 0.2) is 5.13 Å². The molecule has 4 rings (SSSR count). The molecular weight excluding hydrogens is 454 g/mol. The van der Waals surface area contributed by atoms with Gasteiger partial charge in [0.1, 0.15) is 0 Å². The summed E-state index contributed by atoms with van der Waals surface area (Å²) in [4.78, 5) is 17.4. The minimum atomic E-state index is -3.64. The molecule has 0 aliphatic carbocycles. The van der Waals surface area contributed by atoms with E-state index in [9.17, 15) is 13.2 Å². The number of hydrogen-bond acceptors (Lipinski definition) is 5. The zero-order chi connectivity index (χ0) is 22.0. The van der Waals surface area contributed by atoms with Gasteiger partial charge in [-0.05, 0) is 43.0 Å². The van der Waals surface area contributed by atoms with Crippen molar-refractivity contribution in [2.75, 3.05) is 18.4 Å². The molecule has 1 N–H and O–H groups in total.